The minimum Gasteiger partial charge on any atom is -0.445 e. The average molecular weight is 346 g/mol. The molecule has 1 atom stereocenters. The predicted octanol–water partition coefficient (Wildman–Crippen LogP) is 2.75. The van der Waals surface area contributed by atoms with Crippen LogP contribution in [0.25, 0.3) is 0 Å². The van der Waals surface area contributed by atoms with Crippen LogP contribution in [0.4, 0.5) is 4.39 Å². The van der Waals surface area contributed by atoms with E-state index in [2.05, 4.69) is 4.98 Å². The zero-order valence-electron chi connectivity index (χ0n) is 14.6. The van der Waals surface area contributed by atoms with Crippen molar-refractivity contribution in [2.45, 2.75) is 33.1 Å². The van der Waals surface area contributed by atoms with Crippen molar-refractivity contribution in [2.24, 2.45) is 5.41 Å². The van der Waals surface area contributed by atoms with E-state index in [1.807, 2.05) is 6.92 Å². The van der Waals surface area contributed by atoms with Crippen molar-refractivity contribution in [2.75, 3.05) is 19.7 Å². The number of halogens is 1. The van der Waals surface area contributed by atoms with Crippen LogP contribution in [0.15, 0.2) is 28.7 Å². The highest BCUT2D eigenvalue weighted by atomic mass is 19.1. The molecule has 1 aliphatic heterocycles. The first-order valence-corrected chi connectivity index (χ1v) is 8.57. The molecule has 1 aromatic carbocycles. The Labute approximate surface area is 146 Å². The topological polar surface area (TPSA) is 66.6 Å². The number of aromatic nitrogens is 1. The number of rotatable bonds is 5. The molecule has 6 heteroatoms. The molecule has 1 aliphatic rings. The van der Waals surface area contributed by atoms with Gasteiger partial charge in [0.25, 0.3) is 5.91 Å². The summed E-state index contributed by atoms with van der Waals surface area (Å²) in [6.07, 6.45) is 1.94. The van der Waals surface area contributed by atoms with E-state index in [0.717, 1.165) is 5.56 Å². The van der Waals surface area contributed by atoms with Crippen LogP contribution in [0.2, 0.25) is 0 Å². The number of carbonyl (C=O) groups excluding carboxylic acids is 1. The molecule has 5 nitrogen and oxygen atoms in total. The van der Waals surface area contributed by atoms with Crippen molar-refractivity contribution in [3.63, 3.8) is 0 Å². The lowest BCUT2D eigenvalue weighted by atomic mass is 9.81. The number of aliphatic hydroxyl groups excluding tert-OH is 1. The quantitative estimate of drug-likeness (QED) is 0.904. The molecule has 1 aromatic heterocycles. The average Bonchev–Trinajstić information content (AvgIpc) is 3.21. The van der Waals surface area contributed by atoms with Gasteiger partial charge in [-0.05, 0) is 37.5 Å². The third-order valence-electron chi connectivity index (χ3n) is 4.90. The molecule has 0 aliphatic carbocycles. The van der Waals surface area contributed by atoms with E-state index in [0.29, 0.717) is 49.7 Å². The summed E-state index contributed by atoms with van der Waals surface area (Å²) >= 11 is 0. The van der Waals surface area contributed by atoms with Gasteiger partial charge < -0.3 is 14.4 Å². The molecule has 0 spiro atoms. The molecule has 1 saturated heterocycles. The molecule has 1 unspecified atom stereocenters. The van der Waals surface area contributed by atoms with Crippen LogP contribution in [-0.4, -0.2) is 40.6 Å². The fraction of sp³-hybridized carbons (Fsp3) is 0.474. The lowest BCUT2D eigenvalue weighted by Gasteiger charge is -2.27. The fourth-order valence-electron chi connectivity index (χ4n) is 3.42. The number of oxazole rings is 1. The second-order valence-electron chi connectivity index (χ2n) is 6.80. The first-order valence-electron chi connectivity index (χ1n) is 8.57. The summed E-state index contributed by atoms with van der Waals surface area (Å²) in [5.74, 6) is 0.648. The van der Waals surface area contributed by atoms with Crippen LogP contribution in [-0.2, 0) is 12.8 Å². The minimum absolute atomic E-state index is 0.0217. The second-order valence-corrected chi connectivity index (χ2v) is 6.80. The molecule has 1 N–H and O–H groups in total. The smallest absolute Gasteiger partial charge is 0.276 e. The van der Waals surface area contributed by atoms with Gasteiger partial charge in [-0.3, -0.25) is 4.79 Å². The Kier molecular flexibility index (Phi) is 4.90. The maximum atomic E-state index is 13.1. The molecular formula is C19H23FN2O3. The molecule has 0 bridgehead atoms. The number of benzene rings is 1. The van der Waals surface area contributed by atoms with E-state index >= 15 is 0 Å². The van der Waals surface area contributed by atoms with Gasteiger partial charge in [-0.25, -0.2) is 9.37 Å². The molecule has 134 valence electrons. The van der Waals surface area contributed by atoms with Crippen molar-refractivity contribution in [3.8, 4) is 0 Å². The molecule has 3 rings (SSSR count). The van der Waals surface area contributed by atoms with Crippen molar-refractivity contribution in [1.29, 1.82) is 0 Å². The Balaban J connectivity index is 1.74. The van der Waals surface area contributed by atoms with E-state index in [-0.39, 0.29) is 18.3 Å². The molecule has 1 fully saturated rings. The van der Waals surface area contributed by atoms with Crippen LogP contribution < -0.4 is 0 Å². The van der Waals surface area contributed by atoms with E-state index < -0.39 is 5.41 Å². The molecule has 1 amide bonds. The summed E-state index contributed by atoms with van der Waals surface area (Å²) in [6.45, 7) is 4.66. The van der Waals surface area contributed by atoms with Gasteiger partial charge in [0.15, 0.2) is 11.6 Å². The highest BCUT2D eigenvalue weighted by Crippen LogP contribution is 2.34. The minimum atomic E-state index is -0.404. The normalized spacial score (nSPS) is 20.2. The van der Waals surface area contributed by atoms with Gasteiger partial charge in [-0.2, -0.15) is 0 Å². The van der Waals surface area contributed by atoms with Crippen LogP contribution >= 0.6 is 0 Å². The first-order chi connectivity index (χ1) is 12.0. The van der Waals surface area contributed by atoms with Gasteiger partial charge in [0, 0.05) is 24.9 Å². The molecule has 0 saturated carbocycles. The van der Waals surface area contributed by atoms with Gasteiger partial charge >= 0.3 is 0 Å². The number of amides is 1. The van der Waals surface area contributed by atoms with Gasteiger partial charge in [0.2, 0.25) is 0 Å². The van der Waals surface area contributed by atoms with E-state index in [9.17, 15) is 14.3 Å². The van der Waals surface area contributed by atoms with Crippen LogP contribution in [0.5, 0.6) is 0 Å². The predicted molar refractivity (Wildman–Crippen MR) is 90.8 cm³/mol. The number of carbonyl (C=O) groups is 1. The van der Waals surface area contributed by atoms with Crippen molar-refractivity contribution in [1.82, 2.24) is 9.88 Å². The van der Waals surface area contributed by atoms with Crippen LogP contribution in [0.1, 0.15) is 41.0 Å². The Morgan fingerprint density at radius 3 is 2.72 bits per heavy atom. The lowest BCUT2D eigenvalue weighted by molar-refractivity contribution is 0.0733. The van der Waals surface area contributed by atoms with E-state index in [4.69, 9.17) is 4.42 Å². The maximum absolute atomic E-state index is 13.1. The molecule has 25 heavy (non-hydrogen) atoms. The highest BCUT2D eigenvalue weighted by molar-refractivity contribution is 5.93. The van der Waals surface area contributed by atoms with E-state index in [1.165, 1.54) is 12.1 Å². The second kappa shape index (κ2) is 6.96. The maximum Gasteiger partial charge on any atom is 0.276 e. The number of nitrogens with zero attached hydrogens (tertiary/aromatic N) is 2. The Hall–Kier alpha value is -2.21. The van der Waals surface area contributed by atoms with Crippen molar-refractivity contribution in [3.05, 3.63) is 53.0 Å². The summed E-state index contributed by atoms with van der Waals surface area (Å²) in [6, 6.07) is 6.30. The zero-order chi connectivity index (χ0) is 18.0. The SMILES string of the molecule is CCc1nc(C(=O)N2CCC(CO)(Cc3ccc(F)cc3)C2)c(C)o1. The zero-order valence-corrected chi connectivity index (χ0v) is 14.6. The number of aryl methyl sites for hydroxylation is 2. The van der Waals surface area contributed by atoms with E-state index in [1.54, 1.807) is 24.0 Å². The molecular weight excluding hydrogens is 323 g/mol. The summed E-state index contributed by atoms with van der Waals surface area (Å²) < 4.78 is 18.6. The number of hydrogen-bond acceptors (Lipinski definition) is 4. The summed E-state index contributed by atoms with van der Waals surface area (Å²) in [4.78, 5) is 18.8. The summed E-state index contributed by atoms with van der Waals surface area (Å²) in [5.41, 5.74) is 0.904. The van der Waals surface area contributed by atoms with Gasteiger partial charge in [0.05, 0.1) is 6.61 Å². The summed E-state index contributed by atoms with van der Waals surface area (Å²) in [7, 11) is 0. The molecule has 2 heterocycles. The Morgan fingerprint density at radius 2 is 2.12 bits per heavy atom. The molecule has 2 aromatic rings. The largest absolute Gasteiger partial charge is 0.445 e. The number of likely N-dealkylation sites (tertiary alicyclic amines) is 1. The monoisotopic (exact) mass is 346 g/mol. The fourth-order valence-corrected chi connectivity index (χ4v) is 3.42. The van der Waals surface area contributed by atoms with Gasteiger partial charge in [-0.15, -0.1) is 0 Å². The third-order valence-corrected chi connectivity index (χ3v) is 4.90. The van der Waals surface area contributed by atoms with Crippen molar-refractivity contribution >= 4 is 5.91 Å². The number of hydrogen-bond donors (Lipinski definition) is 1. The Bertz CT molecular complexity index is 757. The molecule has 0 radical (unpaired) electrons. The first kappa shape index (κ1) is 17.6. The van der Waals surface area contributed by atoms with Gasteiger partial charge in [-0.1, -0.05) is 19.1 Å². The third kappa shape index (κ3) is 3.58. The van der Waals surface area contributed by atoms with Crippen molar-refractivity contribution < 1.29 is 18.7 Å². The Morgan fingerprint density at radius 1 is 1.40 bits per heavy atom. The summed E-state index contributed by atoms with van der Waals surface area (Å²) in [5, 5.41) is 9.95. The lowest BCUT2D eigenvalue weighted by Crippen LogP contribution is -2.35. The van der Waals surface area contributed by atoms with Crippen LogP contribution in [0, 0.1) is 18.2 Å². The van der Waals surface area contributed by atoms with Crippen LogP contribution in [0.3, 0.4) is 0 Å². The highest BCUT2D eigenvalue weighted by Gasteiger charge is 2.40. The number of aliphatic hydroxyl groups is 1. The van der Waals surface area contributed by atoms with Gasteiger partial charge in [0.1, 0.15) is 11.6 Å². The standard InChI is InChI=1S/C19H23FN2O3/c1-3-16-21-17(13(2)25-16)18(24)22-9-8-19(11-22,12-23)10-14-4-6-15(20)7-5-14/h4-7,23H,3,8-12H2,1-2H3.